The number of rotatable bonds is 5. The van der Waals surface area contributed by atoms with Gasteiger partial charge in [-0.05, 0) is 25.1 Å². The molecular weight excluding hydrogens is 314 g/mol. The van der Waals surface area contributed by atoms with Gasteiger partial charge in [-0.2, -0.15) is 0 Å². The molecule has 1 aromatic carbocycles. The van der Waals surface area contributed by atoms with Crippen molar-refractivity contribution in [3.63, 3.8) is 0 Å². The smallest absolute Gasteiger partial charge is 0.328 e. The van der Waals surface area contributed by atoms with E-state index in [0.717, 1.165) is 4.47 Å². The van der Waals surface area contributed by atoms with E-state index in [0.29, 0.717) is 11.8 Å². The number of hydrogen-bond donors (Lipinski definition) is 0. The molecule has 0 unspecified atom stereocenters. The van der Waals surface area contributed by atoms with E-state index < -0.39 is 17.9 Å². The number of esters is 1. The van der Waals surface area contributed by atoms with Crippen LogP contribution in [0, 0.1) is 0 Å². The normalized spacial score (nSPS) is 11.5. The summed E-state index contributed by atoms with van der Waals surface area (Å²) in [4.78, 5) is 35.6. The molecule has 0 saturated carbocycles. The second-order valence-corrected chi connectivity index (χ2v) is 4.75. The highest BCUT2D eigenvalue weighted by Crippen LogP contribution is 2.15. The number of methoxy groups -OCH3 is 1. The van der Waals surface area contributed by atoms with Gasteiger partial charge in [0.1, 0.15) is 12.3 Å². The van der Waals surface area contributed by atoms with Gasteiger partial charge < -0.3 is 14.4 Å². The first-order valence-corrected chi connectivity index (χ1v) is 6.38. The Hall–Kier alpha value is -1.69. The Labute approximate surface area is 119 Å². The predicted octanol–water partition coefficient (Wildman–Crippen LogP) is 1.65. The maximum Gasteiger partial charge on any atom is 0.328 e. The van der Waals surface area contributed by atoms with Gasteiger partial charge in [0, 0.05) is 10.0 Å². The number of ether oxygens (including phenoxy) is 1. The van der Waals surface area contributed by atoms with Crippen molar-refractivity contribution in [2.45, 2.75) is 13.0 Å². The van der Waals surface area contributed by atoms with Crippen LogP contribution in [0.5, 0.6) is 0 Å². The molecule has 0 aliphatic rings. The zero-order valence-electron chi connectivity index (χ0n) is 10.6. The third kappa shape index (κ3) is 3.89. The Kier molecular flexibility index (Phi) is 5.69. The van der Waals surface area contributed by atoms with Gasteiger partial charge >= 0.3 is 5.97 Å². The molecule has 0 saturated heterocycles. The van der Waals surface area contributed by atoms with Crippen LogP contribution in [-0.4, -0.2) is 42.8 Å². The molecule has 5 nitrogen and oxygen atoms in total. The zero-order valence-corrected chi connectivity index (χ0v) is 12.2. The molecule has 0 aliphatic carbocycles. The molecule has 0 radical (unpaired) electrons. The highest BCUT2D eigenvalue weighted by molar-refractivity contribution is 9.10. The van der Waals surface area contributed by atoms with Crippen molar-refractivity contribution in [2.24, 2.45) is 0 Å². The second kappa shape index (κ2) is 7.04. The van der Waals surface area contributed by atoms with Crippen molar-refractivity contribution < 1.29 is 19.1 Å². The predicted molar refractivity (Wildman–Crippen MR) is 72.7 cm³/mol. The van der Waals surface area contributed by atoms with Gasteiger partial charge in [-0.1, -0.05) is 22.0 Å². The average molecular weight is 328 g/mol. The fraction of sp³-hybridized carbons (Fsp3) is 0.308. The van der Waals surface area contributed by atoms with Crippen LogP contribution < -0.4 is 0 Å². The minimum Gasteiger partial charge on any atom is -0.467 e. The molecule has 1 aromatic rings. The van der Waals surface area contributed by atoms with Crippen molar-refractivity contribution >= 4 is 34.1 Å². The summed E-state index contributed by atoms with van der Waals surface area (Å²) in [5.74, 6) is -0.962. The molecule has 0 aromatic heterocycles. The van der Waals surface area contributed by atoms with E-state index in [1.165, 1.54) is 18.9 Å². The molecule has 1 rings (SSSR count). The third-order valence-corrected chi connectivity index (χ3v) is 3.11. The van der Waals surface area contributed by atoms with E-state index in [9.17, 15) is 14.4 Å². The van der Waals surface area contributed by atoms with Crippen molar-refractivity contribution in [1.29, 1.82) is 0 Å². The highest BCUT2D eigenvalue weighted by atomic mass is 79.9. The lowest BCUT2D eigenvalue weighted by Crippen LogP contribution is -2.44. The molecule has 0 bridgehead atoms. The Morgan fingerprint density at radius 2 is 2.16 bits per heavy atom. The van der Waals surface area contributed by atoms with Crippen LogP contribution in [0.3, 0.4) is 0 Å². The van der Waals surface area contributed by atoms with Crippen molar-refractivity contribution in [1.82, 2.24) is 4.90 Å². The fourth-order valence-corrected chi connectivity index (χ4v) is 1.98. The van der Waals surface area contributed by atoms with Crippen LogP contribution in [0.2, 0.25) is 0 Å². The number of nitrogens with zero attached hydrogens (tertiary/aromatic N) is 1. The molecule has 0 aliphatic heterocycles. The summed E-state index contributed by atoms with van der Waals surface area (Å²) in [5, 5.41) is 0. The number of amides is 1. The van der Waals surface area contributed by atoms with E-state index in [4.69, 9.17) is 0 Å². The minimum atomic E-state index is -0.818. The van der Waals surface area contributed by atoms with Gasteiger partial charge in [0.15, 0.2) is 0 Å². The lowest BCUT2D eigenvalue weighted by Gasteiger charge is -2.25. The van der Waals surface area contributed by atoms with Crippen LogP contribution in [0.25, 0.3) is 0 Å². The summed E-state index contributed by atoms with van der Waals surface area (Å²) in [6, 6.07) is 5.92. The Bertz CT molecular complexity index is 489. The molecule has 1 atom stereocenters. The van der Waals surface area contributed by atoms with Gasteiger partial charge in [-0.15, -0.1) is 0 Å². The highest BCUT2D eigenvalue weighted by Gasteiger charge is 2.27. The van der Waals surface area contributed by atoms with Crippen LogP contribution in [0.1, 0.15) is 17.3 Å². The topological polar surface area (TPSA) is 63.7 Å². The number of benzene rings is 1. The molecular formula is C13H14BrNO4. The SMILES string of the molecule is COC(=O)[C@H](C)N(CC=O)C(=O)c1cccc(Br)c1. The zero-order chi connectivity index (χ0) is 14.4. The molecule has 102 valence electrons. The molecule has 6 heteroatoms. The van der Waals surface area contributed by atoms with E-state index >= 15 is 0 Å². The Morgan fingerprint density at radius 3 is 2.68 bits per heavy atom. The second-order valence-electron chi connectivity index (χ2n) is 3.83. The first-order valence-electron chi connectivity index (χ1n) is 5.59. The Balaban J connectivity index is 3.02. The summed E-state index contributed by atoms with van der Waals surface area (Å²) in [5.41, 5.74) is 0.395. The monoisotopic (exact) mass is 327 g/mol. The molecule has 0 spiro atoms. The van der Waals surface area contributed by atoms with Crippen molar-refractivity contribution in [3.8, 4) is 0 Å². The minimum absolute atomic E-state index is 0.165. The molecule has 0 fully saturated rings. The van der Waals surface area contributed by atoms with E-state index in [1.807, 2.05) is 0 Å². The van der Waals surface area contributed by atoms with Gasteiger partial charge in [0.25, 0.3) is 5.91 Å². The fourth-order valence-electron chi connectivity index (χ4n) is 1.58. The first-order chi connectivity index (χ1) is 9.01. The largest absolute Gasteiger partial charge is 0.467 e. The van der Waals surface area contributed by atoms with Crippen LogP contribution >= 0.6 is 15.9 Å². The van der Waals surface area contributed by atoms with E-state index in [-0.39, 0.29) is 6.54 Å². The number of aldehydes is 1. The summed E-state index contributed by atoms with van der Waals surface area (Å²) >= 11 is 3.27. The summed E-state index contributed by atoms with van der Waals surface area (Å²) in [6.45, 7) is 1.35. The molecule has 0 heterocycles. The van der Waals surface area contributed by atoms with Crippen molar-refractivity contribution in [2.75, 3.05) is 13.7 Å². The van der Waals surface area contributed by atoms with Crippen LogP contribution in [-0.2, 0) is 14.3 Å². The van der Waals surface area contributed by atoms with E-state index in [2.05, 4.69) is 20.7 Å². The van der Waals surface area contributed by atoms with Crippen LogP contribution in [0.15, 0.2) is 28.7 Å². The molecule has 0 N–H and O–H groups in total. The molecule has 19 heavy (non-hydrogen) atoms. The van der Waals surface area contributed by atoms with Gasteiger partial charge in [0.2, 0.25) is 0 Å². The Morgan fingerprint density at radius 1 is 1.47 bits per heavy atom. The standard InChI is InChI=1S/C13H14BrNO4/c1-9(13(18)19-2)15(6-7-16)12(17)10-4-3-5-11(14)8-10/h3-5,7-9H,6H2,1-2H3/t9-/m0/s1. The van der Waals surface area contributed by atoms with Crippen LogP contribution in [0.4, 0.5) is 0 Å². The summed E-state index contributed by atoms with van der Waals surface area (Å²) in [7, 11) is 1.24. The maximum absolute atomic E-state index is 12.3. The number of halogens is 1. The lowest BCUT2D eigenvalue weighted by molar-refractivity contribution is -0.145. The molecule has 1 amide bonds. The number of carbonyl (C=O) groups excluding carboxylic acids is 3. The number of hydrogen-bond acceptors (Lipinski definition) is 4. The summed E-state index contributed by atoms with van der Waals surface area (Å²) < 4.78 is 5.34. The number of carbonyl (C=O) groups is 3. The maximum atomic E-state index is 12.3. The van der Waals surface area contributed by atoms with E-state index in [1.54, 1.807) is 24.3 Å². The third-order valence-electron chi connectivity index (χ3n) is 2.61. The van der Waals surface area contributed by atoms with Gasteiger partial charge in [-0.25, -0.2) is 4.79 Å². The van der Waals surface area contributed by atoms with Gasteiger partial charge in [0.05, 0.1) is 13.7 Å². The summed E-state index contributed by atoms with van der Waals surface area (Å²) in [6.07, 6.45) is 0.579. The van der Waals surface area contributed by atoms with Gasteiger partial charge in [-0.3, -0.25) is 4.79 Å². The first kappa shape index (κ1) is 15.4. The average Bonchev–Trinajstić information content (AvgIpc) is 2.42. The van der Waals surface area contributed by atoms with Crippen molar-refractivity contribution in [3.05, 3.63) is 34.3 Å². The quantitative estimate of drug-likeness (QED) is 0.609. The lowest BCUT2D eigenvalue weighted by atomic mass is 10.1.